The molecule has 152 valence electrons. The predicted octanol–water partition coefficient (Wildman–Crippen LogP) is 4.77. The van der Waals surface area contributed by atoms with Crippen molar-refractivity contribution in [1.29, 1.82) is 0 Å². The van der Waals surface area contributed by atoms with E-state index in [1.54, 1.807) is 13.3 Å². The fraction of sp³-hybridized carbons (Fsp3) is 0.160. The number of ketones is 1. The molecule has 4 rings (SSSR count). The summed E-state index contributed by atoms with van der Waals surface area (Å²) in [5, 5.41) is 4.29. The van der Waals surface area contributed by atoms with Gasteiger partial charge in [-0.05, 0) is 23.8 Å². The molecule has 3 aromatic carbocycles. The van der Waals surface area contributed by atoms with Crippen LogP contribution in [0.5, 0.6) is 11.5 Å². The molecular weight excluding hydrogens is 376 g/mol. The topological polar surface area (TPSA) is 63.4 Å². The number of H-pyrrole nitrogens is 1. The van der Waals surface area contributed by atoms with Crippen LogP contribution in [0.2, 0.25) is 0 Å². The maximum atomic E-state index is 13.4. The number of fused-ring (bicyclic) bond motifs is 1. The Labute approximate surface area is 175 Å². The van der Waals surface area contributed by atoms with Crippen LogP contribution in [0.3, 0.4) is 0 Å². The van der Waals surface area contributed by atoms with E-state index in [0.29, 0.717) is 30.2 Å². The highest BCUT2D eigenvalue weighted by Gasteiger charge is 2.23. The van der Waals surface area contributed by atoms with Gasteiger partial charge in [0.2, 0.25) is 0 Å². The molecule has 0 aliphatic heterocycles. The first kappa shape index (κ1) is 19.7. The fourth-order valence-electron chi connectivity index (χ4n) is 3.54. The number of aromatic nitrogens is 1. The summed E-state index contributed by atoms with van der Waals surface area (Å²) in [6, 6.07) is 24.6. The molecule has 0 saturated carbocycles. The standard InChI is InChI=1S/C25H24N2O3/c1-29-22-13-7-8-14-23(22)30-16-15-26-24(18-9-3-2-4-10-18)25(28)20-17-27-21-12-6-5-11-19(20)21/h2-14,17,24,26-27H,15-16H2,1H3/t24-/m0/s1. The number of hydrogen-bond donors (Lipinski definition) is 2. The van der Waals surface area contributed by atoms with E-state index in [1.807, 2.05) is 78.9 Å². The highest BCUT2D eigenvalue weighted by Crippen LogP contribution is 2.26. The van der Waals surface area contributed by atoms with E-state index in [4.69, 9.17) is 9.47 Å². The first-order chi connectivity index (χ1) is 14.8. The van der Waals surface area contributed by atoms with E-state index in [0.717, 1.165) is 16.5 Å². The van der Waals surface area contributed by atoms with Crippen LogP contribution >= 0.6 is 0 Å². The first-order valence-corrected chi connectivity index (χ1v) is 9.92. The monoisotopic (exact) mass is 400 g/mol. The summed E-state index contributed by atoms with van der Waals surface area (Å²) in [5.74, 6) is 1.39. The third kappa shape index (κ3) is 4.21. The number of ether oxygens (including phenoxy) is 2. The minimum Gasteiger partial charge on any atom is -0.493 e. The van der Waals surface area contributed by atoms with Crippen molar-refractivity contribution in [3.05, 3.63) is 96.2 Å². The van der Waals surface area contributed by atoms with E-state index in [1.165, 1.54) is 0 Å². The minimum absolute atomic E-state index is 0.0240. The maximum Gasteiger partial charge on any atom is 0.186 e. The van der Waals surface area contributed by atoms with Gasteiger partial charge in [0, 0.05) is 29.2 Å². The summed E-state index contributed by atoms with van der Waals surface area (Å²) >= 11 is 0. The molecule has 4 aromatic rings. The van der Waals surface area contributed by atoms with Crippen molar-refractivity contribution in [3.63, 3.8) is 0 Å². The molecule has 1 heterocycles. The molecule has 2 N–H and O–H groups in total. The molecule has 0 aliphatic carbocycles. The number of hydrogen-bond acceptors (Lipinski definition) is 4. The second kappa shape index (κ2) is 9.29. The maximum absolute atomic E-state index is 13.4. The summed E-state index contributed by atoms with van der Waals surface area (Å²) in [5.41, 5.74) is 2.55. The van der Waals surface area contributed by atoms with E-state index < -0.39 is 6.04 Å². The Morgan fingerprint density at radius 3 is 2.43 bits per heavy atom. The largest absolute Gasteiger partial charge is 0.493 e. The molecule has 0 saturated heterocycles. The fourth-order valence-corrected chi connectivity index (χ4v) is 3.54. The van der Waals surface area contributed by atoms with Crippen LogP contribution in [0.25, 0.3) is 10.9 Å². The summed E-state index contributed by atoms with van der Waals surface area (Å²) in [7, 11) is 1.62. The van der Waals surface area contributed by atoms with Crippen LogP contribution in [0.4, 0.5) is 0 Å². The van der Waals surface area contributed by atoms with Gasteiger partial charge >= 0.3 is 0 Å². The van der Waals surface area contributed by atoms with Gasteiger partial charge in [0.25, 0.3) is 0 Å². The van der Waals surface area contributed by atoms with Crippen LogP contribution in [-0.2, 0) is 0 Å². The molecule has 0 radical (unpaired) electrons. The van der Waals surface area contributed by atoms with Gasteiger partial charge in [0.05, 0.1) is 13.2 Å². The summed E-state index contributed by atoms with van der Waals surface area (Å²) in [6.45, 7) is 0.913. The van der Waals surface area contributed by atoms with Crippen LogP contribution < -0.4 is 14.8 Å². The molecule has 0 aliphatic rings. The SMILES string of the molecule is COc1ccccc1OCCN[C@H](C(=O)c1c[nH]c2ccccc12)c1ccccc1. The van der Waals surface area contributed by atoms with Gasteiger partial charge in [0.15, 0.2) is 17.3 Å². The molecule has 5 heteroatoms. The molecule has 0 bridgehead atoms. The number of carbonyl (C=O) groups is 1. The zero-order chi connectivity index (χ0) is 20.8. The zero-order valence-corrected chi connectivity index (χ0v) is 16.8. The third-order valence-corrected chi connectivity index (χ3v) is 5.03. The lowest BCUT2D eigenvalue weighted by Crippen LogP contribution is -2.32. The Morgan fingerprint density at radius 1 is 0.933 bits per heavy atom. The molecule has 0 fully saturated rings. The van der Waals surface area contributed by atoms with Crippen LogP contribution in [0, 0.1) is 0 Å². The molecule has 0 spiro atoms. The first-order valence-electron chi connectivity index (χ1n) is 9.92. The van der Waals surface area contributed by atoms with Crippen molar-refractivity contribution >= 4 is 16.7 Å². The molecule has 0 unspecified atom stereocenters. The Bertz CT molecular complexity index is 1120. The van der Waals surface area contributed by atoms with Gasteiger partial charge in [-0.1, -0.05) is 60.7 Å². The van der Waals surface area contributed by atoms with Crippen LogP contribution in [0.15, 0.2) is 85.1 Å². The molecule has 1 aromatic heterocycles. The molecular formula is C25H24N2O3. The number of methoxy groups -OCH3 is 1. The van der Waals surface area contributed by atoms with Crippen LogP contribution in [-0.4, -0.2) is 31.0 Å². The lowest BCUT2D eigenvalue weighted by molar-refractivity contribution is 0.0942. The Morgan fingerprint density at radius 2 is 1.63 bits per heavy atom. The number of benzene rings is 3. The van der Waals surface area contributed by atoms with Gasteiger partial charge in [-0.3, -0.25) is 4.79 Å². The van der Waals surface area contributed by atoms with Gasteiger partial charge in [-0.2, -0.15) is 0 Å². The number of carbonyl (C=O) groups excluding carboxylic acids is 1. The van der Waals surface area contributed by atoms with Crippen molar-refractivity contribution in [3.8, 4) is 11.5 Å². The summed E-state index contributed by atoms with van der Waals surface area (Å²) in [4.78, 5) is 16.6. The van der Waals surface area contributed by atoms with Crippen molar-refractivity contribution in [2.24, 2.45) is 0 Å². The van der Waals surface area contributed by atoms with Gasteiger partial charge < -0.3 is 19.8 Å². The highest BCUT2D eigenvalue weighted by atomic mass is 16.5. The lowest BCUT2D eigenvalue weighted by Gasteiger charge is -2.18. The highest BCUT2D eigenvalue weighted by molar-refractivity contribution is 6.10. The van der Waals surface area contributed by atoms with Crippen molar-refractivity contribution in [1.82, 2.24) is 10.3 Å². The Kier molecular flexibility index (Phi) is 6.11. The van der Waals surface area contributed by atoms with E-state index in [2.05, 4.69) is 10.3 Å². The van der Waals surface area contributed by atoms with E-state index in [-0.39, 0.29) is 5.78 Å². The summed E-state index contributed by atoms with van der Waals surface area (Å²) in [6.07, 6.45) is 1.79. The van der Waals surface area contributed by atoms with Crippen molar-refractivity contribution in [2.75, 3.05) is 20.3 Å². The lowest BCUT2D eigenvalue weighted by atomic mass is 9.97. The average molecular weight is 400 g/mol. The second-order valence-corrected chi connectivity index (χ2v) is 6.91. The normalized spacial score (nSPS) is 11.9. The van der Waals surface area contributed by atoms with Gasteiger partial charge in [-0.25, -0.2) is 0 Å². The van der Waals surface area contributed by atoms with Gasteiger partial charge in [0.1, 0.15) is 6.61 Å². The van der Waals surface area contributed by atoms with E-state index in [9.17, 15) is 4.79 Å². The van der Waals surface area contributed by atoms with E-state index >= 15 is 0 Å². The van der Waals surface area contributed by atoms with Crippen LogP contribution in [0.1, 0.15) is 22.0 Å². The quantitative estimate of drug-likeness (QED) is 0.314. The number of nitrogens with one attached hydrogen (secondary N) is 2. The average Bonchev–Trinajstić information content (AvgIpc) is 3.24. The Hall–Kier alpha value is -3.57. The zero-order valence-electron chi connectivity index (χ0n) is 16.8. The number of Topliss-reactive ketones (excluding diaryl/α,β-unsaturated/α-hetero) is 1. The molecule has 30 heavy (non-hydrogen) atoms. The molecule has 1 atom stereocenters. The molecule has 5 nitrogen and oxygen atoms in total. The smallest absolute Gasteiger partial charge is 0.186 e. The van der Waals surface area contributed by atoms with Crippen molar-refractivity contribution in [2.45, 2.75) is 6.04 Å². The molecule has 0 amide bonds. The van der Waals surface area contributed by atoms with Crippen molar-refractivity contribution < 1.29 is 14.3 Å². The Balaban J connectivity index is 1.50. The third-order valence-electron chi connectivity index (χ3n) is 5.03. The second-order valence-electron chi connectivity index (χ2n) is 6.91. The minimum atomic E-state index is -0.466. The number of aromatic amines is 1. The van der Waals surface area contributed by atoms with Gasteiger partial charge in [-0.15, -0.1) is 0 Å². The number of para-hydroxylation sites is 3. The number of rotatable bonds is 9. The predicted molar refractivity (Wildman–Crippen MR) is 118 cm³/mol. The summed E-state index contributed by atoms with van der Waals surface area (Å²) < 4.78 is 11.2.